The number of hydrogen-bond donors (Lipinski definition) is 3. The lowest BCUT2D eigenvalue weighted by atomic mass is 10.3. The molecule has 0 aliphatic heterocycles. The quantitative estimate of drug-likeness (QED) is 0.495. The molecule has 0 aliphatic rings. The second-order valence-corrected chi connectivity index (χ2v) is 4.08. The molecule has 0 heterocycles. The highest BCUT2D eigenvalue weighted by atomic mass is 32.2. The third-order valence-electron chi connectivity index (χ3n) is 0.873. The molecular weight excluding hydrogens is 186 g/mol. The molecule has 0 spiro atoms. The summed E-state index contributed by atoms with van der Waals surface area (Å²) in [5.74, 6) is 0. The second kappa shape index (κ2) is 3.96. The Labute approximate surface area is 71.3 Å². The topological polar surface area (TPSA) is 98.2 Å². The van der Waals surface area contributed by atoms with Gasteiger partial charge in [-0.05, 0) is 6.92 Å². The van der Waals surface area contributed by atoms with Crippen LogP contribution in [0.5, 0.6) is 0 Å². The Morgan fingerprint density at radius 3 is 2.45 bits per heavy atom. The van der Waals surface area contributed by atoms with E-state index in [1.807, 2.05) is 0 Å². The van der Waals surface area contributed by atoms with Gasteiger partial charge in [-0.1, -0.05) is 12.2 Å². The molecule has 0 saturated carbocycles. The molecule has 0 radical (unpaired) electrons. The van der Waals surface area contributed by atoms with Gasteiger partial charge in [0.1, 0.15) is 0 Å². The van der Waals surface area contributed by atoms with E-state index in [1.165, 1.54) is 0 Å². The molecule has 0 aromatic carbocycles. The van der Waals surface area contributed by atoms with E-state index in [0.717, 1.165) is 0 Å². The Bertz CT molecular complexity index is 236. The zero-order chi connectivity index (χ0) is 9.07. The maximum Gasteiger partial charge on any atom is 0.274 e. The van der Waals surface area contributed by atoms with E-state index in [1.54, 1.807) is 6.92 Å². The summed E-state index contributed by atoms with van der Waals surface area (Å²) in [6, 6.07) is -0.345. The van der Waals surface area contributed by atoms with Crippen LogP contribution in [-0.2, 0) is 10.2 Å². The molecule has 0 amide bonds. The van der Waals surface area contributed by atoms with Gasteiger partial charge in [-0.2, -0.15) is 13.1 Å². The van der Waals surface area contributed by atoms with Crippen LogP contribution in [0.25, 0.3) is 0 Å². The highest BCUT2D eigenvalue weighted by Gasteiger charge is 2.08. The normalized spacial score (nSPS) is 14.4. The first kappa shape index (κ1) is 10.8. The van der Waals surface area contributed by atoms with Crippen LogP contribution in [0.15, 0.2) is 0 Å². The Kier molecular flexibility index (Phi) is 3.87. The molecule has 0 aromatic rings. The maximum absolute atomic E-state index is 10.4. The first-order chi connectivity index (χ1) is 4.81. The van der Waals surface area contributed by atoms with Gasteiger partial charge in [0, 0.05) is 12.5 Å². The number of rotatable bonds is 4. The van der Waals surface area contributed by atoms with Crippen LogP contribution in [0, 0.1) is 0 Å². The maximum atomic E-state index is 10.4. The Balaban J connectivity index is 3.89. The van der Waals surface area contributed by atoms with E-state index in [-0.39, 0.29) is 11.0 Å². The number of nitrogens with one attached hydrogen (secondary N) is 1. The summed E-state index contributed by atoms with van der Waals surface area (Å²) in [6.07, 6.45) is 0.311. The van der Waals surface area contributed by atoms with Crippen LogP contribution in [-0.4, -0.2) is 19.4 Å². The van der Waals surface area contributed by atoms with E-state index in [2.05, 4.69) is 22.1 Å². The third-order valence-corrected chi connectivity index (χ3v) is 1.77. The number of nitrogens with two attached hydrogens (primary N) is 2. The second-order valence-electron chi connectivity index (χ2n) is 2.23. The van der Waals surface area contributed by atoms with Crippen LogP contribution >= 0.6 is 12.2 Å². The zero-order valence-corrected chi connectivity index (χ0v) is 7.71. The lowest BCUT2D eigenvalue weighted by Crippen LogP contribution is -2.39. The summed E-state index contributed by atoms with van der Waals surface area (Å²) >= 11 is 4.56. The van der Waals surface area contributed by atoms with Crippen LogP contribution in [0.3, 0.4) is 0 Å². The van der Waals surface area contributed by atoms with Gasteiger partial charge in [0.2, 0.25) is 0 Å². The van der Waals surface area contributed by atoms with Gasteiger partial charge in [0.25, 0.3) is 10.2 Å². The minimum absolute atomic E-state index is 0.258. The molecular formula is C4H11N3O2S2. The molecule has 11 heavy (non-hydrogen) atoms. The molecule has 66 valence electrons. The minimum atomic E-state index is -3.63. The summed E-state index contributed by atoms with van der Waals surface area (Å²) in [7, 11) is -3.63. The average Bonchev–Trinajstić information content (AvgIpc) is 1.53. The van der Waals surface area contributed by atoms with E-state index >= 15 is 0 Å². The van der Waals surface area contributed by atoms with Crippen molar-refractivity contribution in [1.29, 1.82) is 0 Å². The van der Waals surface area contributed by atoms with Gasteiger partial charge < -0.3 is 5.73 Å². The van der Waals surface area contributed by atoms with Crippen molar-refractivity contribution in [3.63, 3.8) is 0 Å². The fourth-order valence-corrected chi connectivity index (χ4v) is 1.52. The largest absolute Gasteiger partial charge is 0.393 e. The van der Waals surface area contributed by atoms with Crippen LogP contribution in [0.4, 0.5) is 0 Å². The minimum Gasteiger partial charge on any atom is -0.393 e. The Morgan fingerprint density at radius 1 is 1.73 bits per heavy atom. The summed E-state index contributed by atoms with van der Waals surface area (Å²) in [5.41, 5.74) is 5.17. The molecule has 5 nitrogen and oxygen atoms in total. The van der Waals surface area contributed by atoms with Crippen molar-refractivity contribution in [2.45, 2.75) is 19.4 Å². The molecule has 0 aliphatic carbocycles. The smallest absolute Gasteiger partial charge is 0.274 e. The molecule has 1 unspecified atom stereocenters. The van der Waals surface area contributed by atoms with Gasteiger partial charge in [0.15, 0.2) is 0 Å². The lowest BCUT2D eigenvalue weighted by molar-refractivity contribution is 0.566. The highest BCUT2D eigenvalue weighted by Crippen LogP contribution is 1.90. The van der Waals surface area contributed by atoms with Gasteiger partial charge in [-0.25, -0.2) is 5.14 Å². The zero-order valence-electron chi connectivity index (χ0n) is 6.07. The molecule has 0 fully saturated rings. The van der Waals surface area contributed by atoms with Crippen molar-refractivity contribution in [2.24, 2.45) is 10.9 Å². The molecule has 0 saturated heterocycles. The summed E-state index contributed by atoms with van der Waals surface area (Å²) in [5, 5.41) is 4.69. The van der Waals surface area contributed by atoms with E-state index < -0.39 is 10.2 Å². The molecule has 7 heteroatoms. The Morgan fingerprint density at radius 2 is 2.18 bits per heavy atom. The predicted octanol–water partition coefficient (Wildman–Crippen LogP) is -1.16. The lowest BCUT2D eigenvalue weighted by Gasteiger charge is -2.09. The van der Waals surface area contributed by atoms with Crippen molar-refractivity contribution in [3.05, 3.63) is 0 Å². The molecule has 1 atom stereocenters. The molecule has 0 aromatic heterocycles. The van der Waals surface area contributed by atoms with Crippen molar-refractivity contribution < 1.29 is 8.42 Å². The van der Waals surface area contributed by atoms with E-state index in [0.29, 0.717) is 6.42 Å². The Hall–Kier alpha value is -0.240. The van der Waals surface area contributed by atoms with Crippen LogP contribution in [0.1, 0.15) is 13.3 Å². The molecule has 0 rings (SSSR count). The first-order valence-corrected chi connectivity index (χ1v) is 4.85. The first-order valence-electron chi connectivity index (χ1n) is 2.89. The van der Waals surface area contributed by atoms with Crippen molar-refractivity contribution in [1.82, 2.24) is 4.72 Å². The summed E-state index contributed by atoms with van der Waals surface area (Å²) < 4.78 is 22.9. The summed E-state index contributed by atoms with van der Waals surface area (Å²) in [6.45, 7) is 1.63. The van der Waals surface area contributed by atoms with Gasteiger partial charge in [-0.3, -0.25) is 0 Å². The van der Waals surface area contributed by atoms with Gasteiger partial charge in [0.05, 0.1) is 4.99 Å². The third kappa shape index (κ3) is 7.66. The number of hydrogen-bond acceptors (Lipinski definition) is 3. The predicted molar refractivity (Wildman–Crippen MR) is 47.1 cm³/mol. The van der Waals surface area contributed by atoms with Gasteiger partial charge in [-0.15, -0.1) is 0 Å². The monoisotopic (exact) mass is 197 g/mol. The van der Waals surface area contributed by atoms with Crippen LogP contribution < -0.4 is 15.6 Å². The summed E-state index contributed by atoms with van der Waals surface area (Å²) in [4.78, 5) is 0.258. The molecule has 0 bridgehead atoms. The standard InChI is InChI=1S/C4H11N3O2S2/c1-3(2-4(5)10)7-11(6,8)9/h3,7H,2H2,1H3,(H2,5,10)(H2,6,8,9). The fourth-order valence-electron chi connectivity index (χ4n) is 0.624. The van der Waals surface area contributed by atoms with Gasteiger partial charge >= 0.3 is 0 Å². The SMILES string of the molecule is CC(CC(N)=S)NS(N)(=O)=O. The van der Waals surface area contributed by atoms with Crippen molar-refractivity contribution in [2.75, 3.05) is 0 Å². The fraction of sp³-hybridized carbons (Fsp3) is 0.750. The van der Waals surface area contributed by atoms with Crippen molar-refractivity contribution >= 4 is 27.4 Å². The van der Waals surface area contributed by atoms with Crippen LogP contribution in [0.2, 0.25) is 0 Å². The highest BCUT2D eigenvalue weighted by molar-refractivity contribution is 7.87. The van der Waals surface area contributed by atoms with Crippen molar-refractivity contribution in [3.8, 4) is 0 Å². The number of thiocarbonyl (C=S) groups is 1. The molecule has 5 N–H and O–H groups in total. The van der Waals surface area contributed by atoms with E-state index in [9.17, 15) is 8.42 Å². The average molecular weight is 197 g/mol. The van der Waals surface area contributed by atoms with E-state index in [4.69, 9.17) is 5.73 Å².